The fourth-order valence-electron chi connectivity index (χ4n) is 0.823. The van der Waals surface area contributed by atoms with Gasteiger partial charge in [-0.3, -0.25) is 0 Å². The first-order valence-electron chi connectivity index (χ1n) is 3.93. The Morgan fingerprint density at radius 2 is 2.62 bits per heavy atom. The molecule has 0 N–H and O–H groups in total. The van der Waals surface area contributed by atoms with Crippen molar-refractivity contribution in [1.29, 1.82) is 0 Å². The number of carbonyl (C=O) groups excluding carboxylic acids is 1. The lowest BCUT2D eigenvalue weighted by atomic mass is 10.3. The van der Waals surface area contributed by atoms with E-state index in [1.54, 1.807) is 18.5 Å². The average Bonchev–Trinajstić information content (AvgIpc) is 2.57. The van der Waals surface area contributed by atoms with Crippen LogP contribution in [0.4, 0.5) is 4.39 Å². The highest BCUT2D eigenvalue weighted by atomic mass is 32.1. The van der Waals surface area contributed by atoms with E-state index >= 15 is 0 Å². The Kier molecular flexibility index (Phi) is 3.82. The summed E-state index contributed by atoms with van der Waals surface area (Å²) in [5, 5.41) is 2.35. The van der Waals surface area contributed by atoms with Gasteiger partial charge in [-0.25, -0.2) is 14.2 Å². The molecular weight excluding hydrogens is 193 g/mol. The van der Waals surface area contributed by atoms with E-state index in [1.165, 1.54) is 11.3 Å². The number of ether oxygens (including phenoxy) is 1. The van der Waals surface area contributed by atoms with Crippen molar-refractivity contribution < 1.29 is 13.9 Å². The fourth-order valence-corrected chi connectivity index (χ4v) is 1.47. The predicted molar refractivity (Wildman–Crippen MR) is 47.3 cm³/mol. The molecule has 72 valence electrons. The lowest BCUT2D eigenvalue weighted by Gasteiger charge is -2.04. The van der Waals surface area contributed by atoms with Gasteiger partial charge in [0.05, 0.1) is 11.6 Å². The van der Waals surface area contributed by atoms with Crippen molar-refractivity contribution in [1.82, 2.24) is 4.98 Å². The molecule has 0 bridgehead atoms. The van der Waals surface area contributed by atoms with Gasteiger partial charge in [-0.15, -0.1) is 11.3 Å². The summed E-state index contributed by atoms with van der Waals surface area (Å²) in [6.07, 6.45) is 0.0000668. The lowest BCUT2D eigenvalue weighted by Crippen LogP contribution is -2.21. The van der Waals surface area contributed by atoms with E-state index in [2.05, 4.69) is 9.72 Å². The third-order valence-corrected chi connectivity index (χ3v) is 2.18. The van der Waals surface area contributed by atoms with Crippen LogP contribution < -0.4 is 0 Å². The molecule has 0 amide bonds. The molecule has 0 aliphatic heterocycles. The average molecular weight is 203 g/mol. The van der Waals surface area contributed by atoms with E-state index < -0.39 is 12.1 Å². The van der Waals surface area contributed by atoms with Crippen LogP contribution in [0, 0.1) is 0 Å². The third kappa shape index (κ3) is 3.10. The second-order valence-electron chi connectivity index (χ2n) is 2.35. The molecule has 1 aromatic heterocycles. The minimum Gasteiger partial charge on any atom is -0.464 e. The maximum Gasteiger partial charge on any atom is 0.341 e. The van der Waals surface area contributed by atoms with Gasteiger partial charge in [0.2, 0.25) is 6.17 Å². The summed E-state index contributed by atoms with van der Waals surface area (Å²) in [5.74, 6) is -0.808. The number of halogens is 1. The molecule has 0 saturated heterocycles. The number of nitrogens with zero attached hydrogens (tertiary/aromatic N) is 1. The van der Waals surface area contributed by atoms with Crippen LogP contribution in [0.3, 0.4) is 0 Å². The van der Waals surface area contributed by atoms with E-state index in [-0.39, 0.29) is 13.0 Å². The van der Waals surface area contributed by atoms with Gasteiger partial charge in [-0.2, -0.15) is 0 Å². The molecular formula is C8H10FNO2S. The smallest absolute Gasteiger partial charge is 0.341 e. The molecule has 0 spiro atoms. The number of hydrogen-bond donors (Lipinski definition) is 0. The zero-order valence-corrected chi connectivity index (χ0v) is 8.01. The summed E-state index contributed by atoms with van der Waals surface area (Å²) in [6.45, 7) is 1.85. The Morgan fingerprint density at radius 1 is 1.85 bits per heavy atom. The van der Waals surface area contributed by atoms with E-state index in [0.29, 0.717) is 5.01 Å². The molecule has 1 rings (SSSR count). The van der Waals surface area contributed by atoms with Gasteiger partial charge in [0.25, 0.3) is 0 Å². The first-order valence-corrected chi connectivity index (χ1v) is 4.81. The molecule has 0 saturated carbocycles. The molecule has 1 atom stereocenters. The number of carbonyl (C=O) groups is 1. The van der Waals surface area contributed by atoms with Gasteiger partial charge in [-0.05, 0) is 6.92 Å². The van der Waals surface area contributed by atoms with Crippen LogP contribution in [0.25, 0.3) is 0 Å². The summed E-state index contributed by atoms with van der Waals surface area (Å²) >= 11 is 1.33. The fraction of sp³-hybridized carbons (Fsp3) is 0.500. The molecule has 1 aromatic rings. The second-order valence-corrected chi connectivity index (χ2v) is 3.33. The van der Waals surface area contributed by atoms with Crippen LogP contribution >= 0.6 is 11.3 Å². The van der Waals surface area contributed by atoms with Crippen LogP contribution in [-0.4, -0.2) is 23.7 Å². The van der Waals surface area contributed by atoms with Crippen molar-refractivity contribution in [3.8, 4) is 0 Å². The van der Waals surface area contributed by atoms with Crippen molar-refractivity contribution in [2.75, 3.05) is 6.61 Å². The first kappa shape index (κ1) is 10.1. The summed E-state index contributed by atoms with van der Waals surface area (Å²) in [5.41, 5.74) is 0. The molecule has 0 aliphatic rings. The molecule has 3 nitrogen and oxygen atoms in total. The topological polar surface area (TPSA) is 39.2 Å². The number of aromatic nitrogens is 1. The molecule has 1 unspecified atom stereocenters. The zero-order chi connectivity index (χ0) is 9.68. The normalized spacial score (nSPS) is 12.5. The van der Waals surface area contributed by atoms with Gasteiger partial charge < -0.3 is 4.74 Å². The molecule has 0 aliphatic carbocycles. The van der Waals surface area contributed by atoms with Crippen LogP contribution in [-0.2, 0) is 16.0 Å². The van der Waals surface area contributed by atoms with Gasteiger partial charge in [0.15, 0.2) is 0 Å². The van der Waals surface area contributed by atoms with Gasteiger partial charge in [0.1, 0.15) is 0 Å². The summed E-state index contributed by atoms with van der Waals surface area (Å²) < 4.78 is 17.6. The number of rotatable bonds is 4. The Morgan fingerprint density at radius 3 is 3.15 bits per heavy atom. The molecule has 0 fully saturated rings. The lowest BCUT2D eigenvalue weighted by molar-refractivity contribution is -0.149. The molecule has 0 radical (unpaired) electrons. The van der Waals surface area contributed by atoms with Crippen molar-refractivity contribution >= 4 is 17.3 Å². The Hall–Kier alpha value is -0.970. The maximum atomic E-state index is 13.0. The number of alkyl halides is 1. The largest absolute Gasteiger partial charge is 0.464 e. The van der Waals surface area contributed by atoms with Crippen LogP contribution in [0.2, 0.25) is 0 Å². The van der Waals surface area contributed by atoms with Crippen LogP contribution in [0.15, 0.2) is 11.6 Å². The highest BCUT2D eigenvalue weighted by Crippen LogP contribution is 2.10. The minimum atomic E-state index is -1.59. The number of thiazole rings is 1. The number of esters is 1. The standard InChI is InChI=1S/C8H10FNO2S/c1-2-12-8(11)6(9)5-7-10-3-4-13-7/h3-4,6H,2,5H2,1H3. The molecule has 1 heterocycles. The van der Waals surface area contributed by atoms with Crippen molar-refractivity contribution in [3.63, 3.8) is 0 Å². The van der Waals surface area contributed by atoms with E-state index in [1.807, 2.05) is 0 Å². The molecule has 0 aromatic carbocycles. The van der Waals surface area contributed by atoms with Gasteiger partial charge in [0, 0.05) is 18.0 Å². The predicted octanol–water partition coefficient (Wildman–Crippen LogP) is 1.59. The third-order valence-electron chi connectivity index (χ3n) is 1.38. The first-order chi connectivity index (χ1) is 6.24. The Balaban J connectivity index is 2.41. The van der Waals surface area contributed by atoms with Crippen molar-refractivity contribution in [3.05, 3.63) is 16.6 Å². The Labute approximate surface area is 79.6 Å². The second kappa shape index (κ2) is 4.91. The van der Waals surface area contributed by atoms with Gasteiger partial charge >= 0.3 is 5.97 Å². The highest BCUT2D eigenvalue weighted by molar-refractivity contribution is 7.09. The van der Waals surface area contributed by atoms with Crippen molar-refractivity contribution in [2.45, 2.75) is 19.5 Å². The van der Waals surface area contributed by atoms with Crippen LogP contribution in [0.1, 0.15) is 11.9 Å². The SMILES string of the molecule is CCOC(=O)C(F)Cc1nccs1. The monoisotopic (exact) mass is 203 g/mol. The molecule has 13 heavy (non-hydrogen) atoms. The molecule has 5 heteroatoms. The van der Waals surface area contributed by atoms with E-state index in [0.717, 1.165) is 0 Å². The van der Waals surface area contributed by atoms with Gasteiger partial charge in [-0.1, -0.05) is 0 Å². The highest BCUT2D eigenvalue weighted by Gasteiger charge is 2.19. The Bertz CT molecular complexity index is 263. The quantitative estimate of drug-likeness (QED) is 0.697. The summed E-state index contributed by atoms with van der Waals surface area (Å²) in [4.78, 5) is 14.7. The van der Waals surface area contributed by atoms with E-state index in [9.17, 15) is 9.18 Å². The maximum absolute atomic E-state index is 13.0. The van der Waals surface area contributed by atoms with Crippen molar-refractivity contribution in [2.24, 2.45) is 0 Å². The zero-order valence-electron chi connectivity index (χ0n) is 7.20. The summed E-state index contributed by atoms with van der Waals surface area (Å²) in [7, 11) is 0. The summed E-state index contributed by atoms with van der Waals surface area (Å²) in [6, 6.07) is 0. The minimum absolute atomic E-state index is 0.0104. The number of hydrogen-bond acceptors (Lipinski definition) is 4. The van der Waals surface area contributed by atoms with Crippen LogP contribution in [0.5, 0.6) is 0 Å². The van der Waals surface area contributed by atoms with E-state index in [4.69, 9.17) is 0 Å².